The first-order valence-corrected chi connectivity index (χ1v) is 7.15. The highest BCUT2D eigenvalue weighted by atomic mass is 16.6. The Bertz CT molecular complexity index is 1250. The molecule has 2 heterocycles. The van der Waals surface area contributed by atoms with Crippen LogP contribution >= 0.6 is 0 Å². The molecule has 0 saturated heterocycles. The van der Waals surface area contributed by atoms with E-state index in [-0.39, 0.29) is 27.8 Å². The van der Waals surface area contributed by atoms with Crippen LogP contribution in [0.15, 0.2) is 50.0 Å². The summed E-state index contributed by atoms with van der Waals surface area (Å²) in [6.07, 6.45) is 0. The minimum absolute atomic E-state index is 0.122. The van der Waals surface area contributed by atoms with Gasteiger partial charge in [0.15, 0.2) is 5.58 Å². The highest BCUT2D eigenvalue weighted by Gasteiger charge is 2.19. The number of non-ortho nitro benzene ring substituents is 1. The predicted molar refractivity (Wildman–Crippen MR) is 87.8 cm³/mol. The zero-order valence-electron chi connectivity index (χ0n) is 12.8. The van der Waals surface area contributed by atoms with E-state index in [9.17, 15) is 19.7 Å². The van der Waals surface area contributed by atoms with Crippen LogP contribution in [-0.2, 0) is 4.74 Å². The monoisotopic (exact) mass is 339 g/mol. The first-order chi connectivity index (χ1) is 12.0. The lowest BCUT2D eigenvalue weighted by Gasteiger charge is -2.01. The fourth-order valence-electron chi connectivity index (χ4n) is 2.78. The summed E-state index contributed by atoms with van der Waals surface area (Å²) >= 11 is 0. The number of hydrogen-bond donors (Lipinski definition) is 0. The molecular formula is C17H9NO7. The van der Waals surface area contributed by atoms with Crippen LogP contribution in [0.4, 0.5) is 5.69 Å². The smallest absolute Gasteiger partial charge is 0.348 e. The molecule has 4 rings (SSSR count). The third kappa shape index (κ3) is 2.15. The van der Waals surface area contributed by atoms with E-state index in [1.165, 1.54) is 37.4 Å². The van der Waals surface area contributed by atoms with Gasteiger partial charge in [-0.25, -0.2) is 9.59 Å². The van der Waals surface area contributed by atoms with Crippen molar-refractivity contribution in [3.63, 3.8) is 0 Å². The first-order valence-electron chi connectivity index (χ1n) is 7.15. The van der Waals surface area contributed by atoms with Crippen molar-refractivity contribution in [2.45, 2.75) is 0 Å². The Kier molecular flexibility index (Phi) is 3.08. The fraction of sp³-hybridized carbons (Fsp3) is 0.0588. The standard InChI is InChI=1S/C17H9NO7/c1-23-16(19)8-2-4-10-13(6-8)25-17(20)14-11-7-9(18(21)22)3-5-12(11)24-15(10)14/h2-7H,1H3. The number of ether oxygens (including phenoxy) is 1. The average molecular weight is 339 g/mol. The van der Waals surface area contributed by atoms with Crippen molar-refractivity contribution in [3.05, 3.63) is 62.5 Å². The minimum atomic E-state index is -0.705. The highest BCUT2D eigenvalue weighted by molar-refractivity contribution is 6.13. The summed E-state index contributed by atoms with van der Waals surface area (Å²) in [5.41, 5.74) is 0.105. The van der Waals surface area contributed by atoms with Crippen LogP contribution in [0, 0.1) is 10.1 Å². The lowest BCUT2D eigenvalue weighted by atomic mass is 10.1. The summed E-state index contributed by atoms with van der Waals surface area (Å²) < 4.78 is 15.6. The Balaban J connectivity index is 2.10. The number of esters is 1. The summed E-state index contributed by atoms with van der Waals surface area (Å²) in [7, 11) is 1.25. The molecular weight excluding hydrogens is 330 g/mol. The molecule has 0 bridgehead atoms. The van der Waals surface area contributed by atoms with Crippen LogP contribution in [0.1, 0.15) is 10.4 Å². The molecule has 0 aliphatic heterocycles. The van der Waals surface area contributed by atoms with Crippen molar-refractivity contribution in [1.82, 2.24) is 0 Å². The van der Waals surface area contributed by atoms with E-state index in [4.69, 9.17) is 8.83 Å². The molecule has 0 aliphatic carbocycles. The number of benzene rings is 2. The molecule has 0 aliphatic rings. The third-order valence-corrected chi connectivity index (χ3v) is 3.94. The molecule has 0 saturated carbocycles. The molecule has 4 aromatic rings. The van der Waals surface area contributed by atoms with Gasteiger partial charge in [-0.15, -0.1) is 0 Å². The Morgan fingerprint density at radius 2 is 1.88 bits per heavy atom. The van der Waals surface area contributed by atoms with E-state index in [1.807, 2.05) is 0 Å². The van der Waals surface area contributed by atoms with Crippen molar-refractivity contribution >= 4 is 44.6 Å². The van der Waals surface area contributed by atoms with Crippen LogP contribution in [0.5, 0.6) is 0 Å². The zero-order chi connectivity index (χ0) is 17.7. The number of nitro groups is 1. The van der Waals surface area contributed by atoms with Crippen LogP contribution in [0.25, 0.3) is 32.9 Å². The number of carbonyl (C=O) groups excluding carboxylic acids is 1. The molecule has 0 atom stereocenters. The Morgan fingerprint density at radius 1 is 1.08 bits per heavy atom. The lowest BCUT2D eigenvalue weighted by molar-refractivity contribution is -0.384. The summed E-state index contributed by atoms with van der Waals surface area (Å²) in [4.78, 5) is 34.4. The molecule has 0 N–H and O–H groups in total. The Morgan fingerprint density at radius 3 is 2.60 bits per heavy atom. The van der Waals surface area contributed by atoms with E-state index in [1.54, 1.807) is 6.07 Å². The zero-order valence-corrected chi connectivity index (χ0v) is 12.8. The van der Waals surface area contributed by atoms with Gasteiger partial charge in [0.2, 0.25) is 0 Å². The minimum Gasteiger partial charge on any atom is -0.465 e. The number of fused-ring (bicyclic) bond motifs is 5. The van der Waals surface area contributed by atoms with Gasteiger partial charge in [-0.1, -0.05) is 0 Å². The second-order valence-corrected chi connectivity index (χ2v) is 5.34. The van der Waals surface area contributed by atoms with Crippen molar-refractivity contribution in [3.8, 4) is 0 Å². The van der Waals surface area contributed by atoms with E-state index >= 15 is 0 Å². The predicted octanol–water partition coefficient (Wildman–Crippen LogP) is 3.39. The molecule has 0 unspecified atom stereocenters. The molecule has 2 aromatic carbocycles. The molecule has 2 aromatic heterocycles. The van der Waals surface area contributed by atoms with Gasteiger partial charge in [0, 0.05) is 17.5 Å². The number of carbonyl (C=O) groups is 1. The van der Waals surface area contributed by atoms with Gasteiger partial charge in [0.05, 0.1) is 23.0 Å². The Hall–Kier alpha value is -3.68. The number of nitro benzene ring substituents is 1. The summed E-state index contributed by atoms with van der Waals surface area (Å²) in [6, 6.07) is 8.47. The SMILES string of the molecule is COC(=O)c1ccc2c(c1)oc(=O)c1c3cc([N+](=O)[O-])ccc3oc21. The molecule has 0 radical (unpaired) electrons. The summed E-state index contributed by atoms with van der Waals surface area (Å²) in [6.45, 7) is 0. The summed E-state index contributed by atoms with van der Waals surface area (Å²) in [5, 5.41) is 11.9. The van der Waals surface area contributed by atoms with Gasteiger partial charge >= 0.3 is 11.6 Å². The van der Waals surface area contributed by atoms with Gasteiger partial charge in [0.25, 0.3) is 5.69 Å². The van der Waals surface area contributed by atoms with E-state index in [2.05, 4.69) is 4.74 Å². The average Bonchev–Trinajstić information content (AvgIpc) is 2.99. The van der Waals surface area contributed by atoms with Crippen LogP contribution in [-0.4, -0.2) is 18.0 Å². The van der Waals surface area contributed by atoms with Crippen LogP contribution in [0.3, 0.4) is 0 Å². The van der Waals surface area contributed by atoms with Crippen molar-refractivity contribution in [2.75, 3.05) is 7.11 Å². The van der Waals surface area contributed by atoms with Gasteiger partial charge in [-0.3, -0.25) is 10.1 Å². The van der Waals surface area contributed by atoms with Gasteiger partial charge in [-0.2, -0.15) is 0 Å². The van der Waals surface area contributed by atoms with Gasteiger partial charge < -0.3 is 13.6 Å². The lowest BCUT2D eigenvalue weighted by Crippen LogP contribution is -2.02. The number of nitrogens with zero attached hydrogens (tertiary/aromatic N) is 1. The molecule has 0 spiro atoms. The number of rotatable bonds is 2. The fourth-order valence-corrected chi connectivity index (χ4v) is 2.78. The van der Waals surface area contributed by atoms with Crippen LogP contribution in [0.2, 0.25) is 0 Å². The number of furan rings is 1. The van der Waals surface area contributed by atoms with Crippen molar-refractivity contribution < 1.29 is 23.3 Å². The normalized spacial score (nSPS) is 11.2. The highest BCUT2D eigenvalue weighted by Crippen LogP contribution is 2.33. The molecule has 124 valence electrons. The van der Waals surface area contributed by atoms with Gasteiger partial charge in [-0.05, 0) is 24.3 Å². The maximum atomic E-state index is 12.4. The van der Waals surface area contributed by atoms with Crippen LogP contribution < -0.4 is 5.63 Å². The molecule has 0 amide bonds. The van der Waals surface area contributed by atoms with Crippen molar-refractivity contribution in [1.29, 1.82) is 0 Å². The van der Waals surface area contributed by atoms with Crippen molar-refractivity contribution in [2.24, 2.45) is 0 Å². The van der Waals surface area contributed by atoms with E-state index in [0.717, 1.165) is 0 Å². The summed E-state index contributed by atoms with van der Waals surface area (Å²) in [5.74, 6) is -0.565. The van der Waals surface area contributed by atoms with Gasteiger partial charge in [0.1, 0.15) is 16.6 Å². The molecule has 25 heavy (non-hydrogen) atoms. The maximum absolute atomic E-state index is 12.4. The first kappa shape index (κ1) is 14.9. The largest absolute Gasteiger partial charge is 0.465 e. The second kappa shape index (κ2) is 5.17. The molecule has 8 nitrogen and oxygen atoms in total. The number of methoxy groups -OCH3 is 1. The molecule has 0 fully saturated rings. The second-order valence-electron chi connectivity index (χ2n) is 5.34. The van der Waals surface area contributed by atoms with E-state index in [0.29, 0.717) is 16.4 Å². The quantitative estimate of drug-likeness (QED) is 0.238. The maximum Gasteiger partial charge on any atom is 0.348 e. The topological polar surface area (TPSA) is 113 Å². The molecule has 8 heteroatoms. The number of hydrogen-bond acceptors (Lipinski definition) is 7. The third-order valence-electron chi connectivity index (χ3n) is 3.94. The Labute approximate surface area is 138 Å². The van der Waals surface area contributed by atoms with E-state index < -0.39 is 16.5 Å².